The number of aromatic nitrogens is 7. The number of nitrogens with one attached hydrogen (secondary N) is 1. The fraction of sp³-hybridized carbons (Fsp3) is 0. The van der Waals surface area contributed by atoms with Crippen molar-refractivity contribution in [3.63, 3.8) is 0 Å². The maximum Gasteiger partial charge on any atom is 0.222 e. The lowest BCUT2D eigenvalue weighted by Gasteiger charge is -1.87. The summed E-state index contributed by atoms with van der Waals surface area (Å²) in [6, 6.07) is 0. The lowest BCUT2D eigenvalue weighted by atomic mass is 10.6. The molecule has 0 saturated heterocycles. The van der Waals surface area contributed by atoms with E-state index in [1.807, 2.05) is 0 Å². The van der Waals surface area contributed by atoms with E-state index in [1.54, 1.807) is 18.7 Å². The van der Waals surface area contributed by atoms with Crippen LogP contribution in [0.2, 0.25) is 0 Å². The maximum atomic E-state index is 5.31. The molecule has 3 heterocycles. The Labute approximate surface area is 90.0 Å². The Morgan fingerprint density at radius 3 is 2.69 bits per heavy atom. The highest BCUT2D eigenvalue weighted by atomic mass is 15.1. The van der Waals surface area contributed by atoms with Gasteiger partial charge in [-0.05, 0) is 0 Å². The zero-order chi connectivity index (χ0) is 11.2. The Bertz CT molecular complexity index is 521. The molecule has 3 aromatic heterocycles. The smallest absolute Gasteiger partial charge is 0.222 e. The van der Waals surface area contributed by atoms with Crippen LogP contribution in [0.4, 0.5) is 5.95 Å². The van der Waals surface area contributed by atoms with Crippen LogP contribution in [0, 0.1) is 0 Å². The molecule has 3 rings (SSSR count). The van der Waals surface area contributed by atoms with Gasteiger partial charge in [0.15, 0.2) is 5.65 Å². The first-order valence-electron chi connectivity index (χ1n) is 4.34. The molecule has 3 N–H and O–H groups in total. The van der Waals surface area contributed by atoms with Gasteiger partial charge in [0.25, 0.3) is 0 Å². The summed E-state index contributed by atoms with van der Waals surface area (Å²) < 4.78 is 0. The fourth-order valence-electron chi connectivity index (χ4n) is 0.954. The first-order chi connectivity index (χ1) is 7.86. The zero-order valence-electron chi connectivity index (χ0n) is 8.15. The number of aromatic amines is 1. The molecule has 8 nitrogen and oxygen atoms in total. The number of H-pyrrole nitrogens is 1. The van der Waals surface area contributed by atoms with E-state index in [-0.39, 0.29) is 5.95 Å². The number of anilines is 1. The highest BCUT2D eigenvalue weighted by Crippen LogP contribution is 2.03. The van der Waals surface area contributed by atoms with Crippen LogP contribution in [-0.4, -0.2) is 35.1 Å². The summed E-state index contributed by atoms with van der Waals surface area (Å²) in [7, 11) is 0. The molecule has 0 aliphatic carbocycles. The van der Waals surface area contributed by atoms with Crippen LogP contribution in [-0.2, 0) is 0 Å². The van der Waals surface area contributed by atoms with Crippen LogP contribution in [0.3, 0.4) is 0 Å². The average molecular weight is 216 g/mol. The molecule has 0 aliphatic heterocycles. The quantitative estimate of drug-likeness (QED) is 0.534. The van der Waals surface area contributed by atoms with Gasteiger partial charge in [0.05, 0.1) is 18.7 Å². The second kappa shape index (κ2) is 4.73. The second-order valence-corrected chi connectivity index (χ2v) is 2.66. The number of nitrogens with zero attached hydrogens (tertiary/aromatic N) is 6. The Morgan fingerprint density at radius 2 is 2.06 bits per heavy atom. The van der Waals surface area contributed by atoms with Gasteiger partial charge < -0.3 is 10.7 Å². The molecule has 8 heteroatoms. The topological polar surface area (TPSA) is 119 Å². The Balaban J connectivity index is 0.000000138. The lowest BCUT2D eigenvalue weighted by molar-refractivity contribution is 0.969. The van der Waals surface area contributed by atoms with Crippen molar-refractivity contribution in [3.8, 4) is 0 Å². The van der Waals surface area contributed by atoms with Crippen molar-refractivity contribution in [2.75, 3.05) is 5.73 Å². The van der Waals surface area contributed by atoms with Gasteiger partial charge in [-0.25, -0.2) is 15.0 Å². The predicted octanol–water partition coefficient (Wildman–Crippen LogP) is -0.193. The van der Waals surface area contributed by atoms with E-state index < -0.39 is 0 Å². The first kappa shape index (κ1) is 9.90. The van der Waals surface area contributed by atoms with Gasteiger partial charge in [-0.1, -0.05) is 0 Å². The molecule has 0 spiro atoms. The van der Waals surface area contributed by atoms with Crippen LogP contribution in [0.25, 0.3) is 11.2 Å². The molecule has 0 aliphatic rings. The highest BCUT2D eigenvalue weighted by Gasteiger charge is 1.95. The van der Waals surface area contributed by atoms with Gasteiger partial charge in [-0.15, -0.1) is 5.10 Å². The number of imidazole rings is 1. The van der Waals surface area contributed by atoms with Crippen LogP contribution < -0.4 is 5.73 Å². The highest BCUT2D eigenvalue weighted by molar-refractivity contribution is 5.69. The van der Waals surface area contributed by atoms with Gasteiger partial charge in [-0.2, -0.15) is 10.1 Å². The standard InChI is InChI=1S/C5H5N5.C3H3N3/c6-5-7-1-3-4(10-5)9-2-8-3;1-2-5-6-3-4-1/h1-2H,(H3,6,7,8,9,10);1-3H. The summed E-state index contributed by atoms with van der Waals surface area (Å²) in [5.41, 5.74) is 6.71. The largest absolute Gasteiger partial charge is 0.368 e. The van der Waals surface area contributed by atoms with Crippen molar-refractivity contribution in [2.24, 2.45) is 0 Å². The summed E-state index contributed by atoms with van der Waals surface area (Å²) in [5.74, 6) is 0.250. The number of fused-ring (bicyclic) bond motifs is 1. The van der Waals surface area contributed by atoms with Crippen molar-refractivity contribution in [1.82, 2.24) is 35.1 Å². The summed E-state index contributed by atoms with van der Waals surface area (Å²) >= 11 is 0. The Kier molecular flexibility index (Phi) is 2.93. The molecular weight excluding hydrogens is 208 g/mol. The van der Waals surface area contributed by atoms with Gasteiger partial charge in [0.1, 0.15) is 11.8 Å². The molecule has 0 aromatic carbocycles. The molecule has 0 unspecified atom stereocenters. The van der Waals surface area contributed by atoms with Crippen LogP contribution in [0.15, 0.2) is 31.2 Å². The number of nitrogen functional groups attached to an aromatic ring is 1. The number of hydrogen-bond acceptors (Lipinski definition) is 7. The van der Waals surface area contributed by atoms with E-state index in [9.17, 15) is 0 Å². The molecule has 0 bridgehead atoms. The van der Waals surface area contributed by atoms with E-state index in [0.717, 1.165) is 5.52 Å². The zero-order valence-corrected chi connectivity index (χ0v) is 8.15. The third kappa shape index (κ3) is 2.44. The minimum absolute atomic E-state index is 0.250. The van der Waals surface area contributed by atoms with Crippen LogP contribution >= 0.6 is 0 Å². The fourth-order valence-corrected chi connectivity index (χ4v) is 0.954. The lowest BCUT2D eigenvalue weighted by Crippen LogP contribution is -1.93. The summed E-state index contributed by atoms with van der Waals surface area (Å²) in [5, 5.41) is 6.90. The van der Waals surface area contributed by atoms with Crippen molar-refractivity contribution in [1.29, 1.82) is 0 Å². The van der Waals surface area contributed by atoms with Crippen molar-refractivity contribution >= 4 is 17.1 Å². The molecule has 0 atom stereocenters. The van der Waals surface area contributed by atoms with Crippen molar-refractivity contribution < 1.29 is 0 Å². The van der Waals surface area contributed by atoms with Gasteiger partial charge >= 0.3 is 0 Å². The third-order valence-electron chi connectivity index (χ3n) is 1.60. The molecule has 3 aromatic rings. The van der Waals surface area contributed by atoms with Crippen molar-refractivity contribution in [2.45, 2.75) is 0 Å². The number of rotatable bonds is 0. The van der Waals surface area contributed by atoms with Gasteiger partial charge in [0.2, 0.25) is 5.95 Å². The van der Waals surface area contributed by atoms with E-state index in [2.05, 4.69) is 35.1 Å². The third-order valence-corrected chi connectivity index (χ3v) is 1.60. The molecule has 16 heavy (non-hydrogen) atoms. The summed E-state index contributed by atoms with van der Waals surface area (Å²) in [6.45, 7) is 0. The van der Waals surface area contributed by atoms with Gasteiger partial charge in [-0.3, -0.25) is 0 Å². The normalized spacial score (nSPS) is 9.50. The second-order valence-electron chi connectivity index (χ2n) is 2.66. The van der Waals surface area contributed by atoms with E-state index in [1.165, 1.54) is 12.5 Å². The van der Waals surface area contributed by atoms with E-state index >= 15 is 0 Å². The minimum Gasteiger partial charge on any atom is -0.368 e. The molecule has 0 amide bonds. The molecule has 0 saturated carbocycles. The van der Waals surface area contributed by atoms with Crippen LogP contribution in [0.1, 0.15) is 0 Å². The van der Waals surface area contributed by atoms with E-state index in [0.29, 0.717) is 5.65 Å². The molecule has 80 valence electrons. The predicted molar refractivity (Wildman–Crippen MR) is 55.9 cm³/mol. The summed E-state index contributed by atoms with van der Waals surface area (Å²) in [6.07, 6.45) is 7.65. The SMILES string of the molecule is Nc1ncc2[nH]cnc2n1.c1cnncn1. The molecule has 0 radical (unpaired) electrons. The minimum atomic E-state index is 0.250. The van der Waals surface area contributed by atoms with Gasteiger partial charge in [0, 0.05) is 6.20 Å². The average Bonchev–Trinajstić information content (AvgIpc) is 2.79. The van der Waals surface area contributed by atoms with Crippen molar-refractivity contribution in [3.05, 3.63) is 31.2 Å². The molecular formula is C8H8N8. The Morgan fingerprint density at radius 1 is 1.12 bits per heavy atom. The van der Waals surface area contributed by atoms with Crippen LogP contribution in [0.5, 0.6) is 0 Å². The summed E-state index contributed by atoms with van der Waals surface area (Å²) in [4.78, 5) is 18.0. The number of hydrogen-bond donors (Lipinski definition) is 2. The van der Waals surface area contributed by atoms with E-state index in [4.69, 9.17) is 5.73 Å². The monoisotopic (exact) mass is 216 g/mol. The molecule has 0 fully saturated rings. The first-order valence-corrected chi connectivity index (χ1v) is 4.34. The Hall–Kier alpha value is -2.64. The number of nitrogens with two attached hydrogens (primary N) is 1. The maximum absolute atomic E-state index is 5.31.